The molecule has 1 aromatic carbocycles. The molecule has 0 radical (unpaired) electrons. The molecule has 20 heavy (non-hydrogen) atoms. The number of para-hydroxylation sites is 1. The van der Waals surface area contributed by atoms with Crippen molar-refractivity contribution in [3.63, 3.8) is 0 Å². The van der Waals surface area contributed by atoms with Gasteiger partial charge in [0.2, 0.25) is 0 Å². The number of hydrogen-bond donors (Lipinski definition) is 2. The van der Waals surface area contributed by atoms with Gasteiger partial charge in [-0.3, -0.25) is 15.5 Å². The molecule has 102 valence electrons. The lowest BCUT2D eigenvalue weighted by Gasteiger charge is -2.17. The SMILES string of the molecule is Cc1nn(C)cc1C(NN)c1cccc2cccnc12. The van der Waals surface area contributed by atoms with Crippen LogP contribution in [0.1, 0.15) is 22.9 Å². The van der Waals surface area contributed by atoms with Gasteiger partial charge < -0.3 is 0 Å². The Hall–Kier alpha value is -2.24. The Kier molecular flexibility index (Phi) is 3.22. The van der Waals surface area contributed by atoms with E-state index in [4.69, 9.17) is 5.84 Å². The number of benzene rings is 1. The molecular formula is C15H17N5. The van der Waals surface area contributed by atoms with E-state index in [1.165, 1.54) is 0 Å². The summed E-state index contributed by atoms with van der Waals surface area (Å²) < 4.78 is 1.80. The molecule has 3 N–H and O–H groups in total. The van der Waals surface area contributed by atoms with E-state index >= 15 is 0 Å². The Morgan fingerprint density at radius 1 is 1.20 bits per heavy atom. The number of nitrogens with two attached hydrogens (primary N) is 1. The quantitative estimate of drug-likeness (QED) is 0.561. The van der Waals surface area contributed by atoms with E-state index in [0.717, 1.165) is 27.7 Å². The van der Waals surface area contributed by atoms with E-state index in [2.05, 4.69) is 27.6 Å². The molecule has 1 unspecified atom stereocenters. The highest BCUT2D eigenvalue weighted by molar-refractivity contribution is 5.82. The van der Waals surface area contributed by atoms with Crippen LogP contribution in [-0.2, 0) is 7.05 Å². The molecule has 5 nitrogen and oxygen atoms in total. The minimum absolute atomic E-state index is 0.123. The Bertz CT molecular complexity index is 742. The molecule has 0 fully saturated rings. The number of nitrogens with zero attached hydrogens (tertiary/aromatic N) is 3. The molecule has 0 bridgehead atoms. The summed E-state index contributed by atoms with van der Waals surface area (Å²) in [4.78, 5) is 4.49. The van der Waals surface area contributed by atoms with Crippen molar-refractivity contribution in [2.24, 2.45) is 12.9 Å². The van der Waals surface area contributed by atoms with Crippen LogP contribution >= 0.6 is 0 Å². The minimum atomic E-state index is -0.123. The number of nitrogens with one attached hydrogen (secondary N) is 1. The number of rotatable bonds is 3. The van der Waals surface area contributed by atoms with Crippen molar-refractivity contribution in [1.29, 1.82) is 0 Å². The Labute approximate surface area is 117 Å². The second kappa shape index (κ2) is 5.03. The fourth-order valence-electron chi connectivity index (χ4n) is 2.61. The number of pyridine rings is 1. The minimum Gasteiger partial charge on any atom is -0.275 e. The Morgan fingerprint density at radius 2 is 2.00 bits per heavy atom. The monoisotopic (exact) mass is 267 g/mol. The van der Waals surface area contributed by atoms with Crippen molar-refractivity contribution in [1.82, 2.24) is 20.2 Å². The Morgan fingerprint density at radius 3 is 2.70 bits per heavy atom. The summed E-state index contributed by atoms with van der Waals surface area (Å²) in [6.45, 7) is 1.98. The van der Waals surface area contributed by atoms with Crippen LogP contribution < -0.4 is 11.3 Å². The topological polar surface area (TPSA) is 68.8 Å². The first-order chi connectivity index (χ1) is 9.70. The molecule has 2 aromatic heterocycles. The molecule has 0 amide bonds. The van der Waals surface area contributed by atoms with Gasteiger partial charge >= 0.3 is 0 Å². The van der Waals surface area contributed by atoms with Crippen molar-refractivity contribution in [3.05, 3.63) is 59.5 Å². The average molecular weight is 267 g/mol. The Balaban J connectivity index is 2.19. The molecule has 5 heteroatoms. The average Bonchev–Trinajstić information content (AvgIpc) is 2.79. The third-order valence-electron chi connectivity index (χ3n) is 3.50. The van der Waals surface area contributed by atoms with Gasteiger partial charge in [-0.25, -0.2) is 5.43 Å². The lowest BCUT2D eigenvalue weighted by molar-refractivity contribution is 0.636. The maximum atomic E-state index is 5.79. The van der Waals surface area contributed by atoms with Gasteiger partial charge in [0.1, 0.15) is 0 Å². The van der Waals surface area contributed by atoms with E-state index < -0.39 is 0 Å². The van der Waals surface area contributed by atoms with Crippen LogP contribution in [0.15, 0.2) is 42.7 Å². The fraction of sp³-hybridized carbons (Fsp3) is 0.200. The van der Waals surface area contributed by atoms with Gasteiger partial charge in [0.05, 0.1) is 17.3 Å². The standard InChI is InChI=1S/C15H17N5/c1-10-13(9-20(2)19-10)15(18-16)12-7-3-5-11-6-4-8-17-14(11)12/h3-9,15,18H,16H2,1-2H3. The molecule has 1 atom stereocenters. The first-order valence-corrected chi connectivity index (χ1v) is 6.50. The van der Waals surface area contributed by atoms with Crippen molar-refractivity contribution < 1.29 is 0 Å². The van der Waals surface area contributed by atoms with Gasteiger partial charge in [0, 0.05) is 36.0 Å². The number of aryl methyl sites for hydroxylation is 2. The summed E-state index contributed by atoms with van der Waals surface area (Å²) in [5.74, 6) is 5.79. The zero-order valence-corrected chi connectivity index (χ0v) is 11.5. The summed E-state index contributed by atoms with van der Waals surface area (Å²) in [5.41, 5.74) is 6.93. The molecule has 0 aliphatic rings. The number of hydrazine groups is 1. The normalized spacial score (nSPS) is 12.8. The van der Waals surface area contributed by atoms with Gasteiger partial charge in [-0.1, -0.05) is 24.3 Å². The molecular weight excluding hydrogens is 250 g/mol. The maximum absolute atomic E-state index is 5.79. The molecule has 0 saturated carbocycles. The second-order valence-electron chi connectivity index (χ2n) is 4.87. The molecule has 3 rings (SSSR count). The van der Waals surface area contributed by atoms with Crippen LogP contribution in [0.3, 0.4) is 0 Å². The fourth-order valence-corrected chi connectivity index (χ4v) is 2.61. The van der Waals surface area contributed by atoms with E-state index in [9.17, 15) is 0 Å². The van der Waals surface area contributed by atoms with Crippen molar-refractivity contribution in [3.8, 4) is 0 Å². The third-order valence-corrected chi connectivity index (χ3v) is 3.50. The highest BCUT2D eigenvalue weighted by Gasteiger charge is 2.19. The van der Waals surface area contributed by atoms with Crippen LogP contribution in [-0.4, -0.2) is 14.8 Å². The summed E-state index contributed by atoms with van der Waals surface area (Å²) in [6, 6.07) is 9.99. The third kappa shape index (κ3) is 2.07. The highest BCUT2D eigenvalue weighted by atomic mass is 15.3. The zero-order valence-electron chi connectivity index (χ0n) is 11.5. The first kappa shape index (κ1) is 12.8. The predicted molar refractivity (Wildman–Crippen MR) is 78.9 cm³/mol. The maximum Gasteiger partial charge on any atom is 0.0764 e. The van der Waals surface area contributed by atoms with E-state index in [-0.39, 0.29) is 6.04 Å². The predicted octanol–water partition coefficient (Wildman–Crippen LogP) is 1.83. The van der Waals surface area contributed by atoms with Crippen LogP contribution in [0, 0.1) is 6.92 Å². The van der Waals surface area contributed by atoms with Crippen molar-refractivity contribution >= 4 is 10.9 Å². The van der Waals surface area contributed by atoms with Gasteiger partial charge in [-0.05, 0) is 13.0 Å². The first-order valence-electron chi connectivity index (χ1n) is 6.50. The van der Waals surface area contributed by atoms with E-state index in [0.29, 0.717) is 0 Å². The summed E-state index contributed by atoms with van der Waals surface area (Å²) in [7, 11) is 1.91. The van der Waals surface area contributed by atoms with Crippen molar-refractivity contribution in [2.75, 3.05) is 0 Å². The van der Waals surface area contributed by atoms with Gasteiger partial charge in [0.25, 0.3) is 0 Å². The van der Waals surface area contributed by atoms with Crippen LogP contribution in [0.2, 0.25) is 0 Å². The highest BCUT2D eigenvalue weighted by Crippen LogP contribution is 2.28. The van der Waals surface area contributed by atoms with Gasteiger partial charge in [-0.15, -0.1) is 0 Å². The second-order valence-corrected chi connectivity index (χ2v) is 4.87. The lowest BCUT2D eigenvalue weighted by Crippen LogP contribution is -2.29. The largest absolute Gasteiger partial charge is 0.275 e. The van der Waals surface area contributed by atoms with Crippen LogP contribution in [0.4, 0.5) is 0 Å². The molecule has 0 aliphatic carbocycles. The smallest absolute Gasteiger partial charge is 0.0764 e. The molecule has 2 heterocycles. The zero-order chi connectivity index (χ0) is 14.1. The van der Waals surface area contributed by atoms with Crippen LogP contribution in [0.5, 0.6) is 0 Å². The molecule has 3 aromatic rings. The summed E-state index contributed by atoms with van der Waals surface area (Å²) >= 11 is 0. The van der Waals surface area contributed by atoms with Gasteiger partial charge in [-0.2, -0.15) is 5.10 Å². The van der Waals surface area contributed by atoms with Crippen LogP contribution in [0.25, 0.3) is 10.9 Å². The van der Waals surface area contributed by atoms with Crippen molar-refractivity contribution in [2.45, 2.75) is 13.0 Å². The summed E-state index contributed by atoms with van der Waals surface area (Å²) in [5, 5.41) is 5.49. The number of hydrogen-bond acceptors (Lipinski definition) is 4. The van der Waals surface area contributed by atoms with Gasteiger partial charge in [0.15, 0.2) is 0 Å². The van der Waals surface area contributed by atoms with E-state index in [1.807, 2.05) is 38.4 Å². The number of fused-ring (bicyclic) bond motifs is 1. The molecule has 0 aliphatic heterocycles. The molecule has 0 saturated heterocycles. The molecule has 0 spiro atoms. The summed E-state index contributed by atoms with van der Waals surface area (Å²) in [6.07, 6.45) is 3.79. The number of aromatic nitrogens is 3. The van der Waals surface area contributed by atoms with E-state index in [1.54, 1.807) is 10.9 Å². The lowest BCUT2D eigenvalue weighted by atomic mass is 9.97.